The maximum atomic E-state index is 5.74. The number of anilines is 1. The number of aromatic nitrogens is 3. The molecule has 154 valence electrons. The summed E-state index contributed by atoms with van der Waals surface area (Å²) in [6.45, 7) is 2.90. The predicted molar refractivity (Wildman–Crippen MR) is 121 cm³/mol. The van der Waals surface area contributed by atoms with E-state index < -0.39 is 0 Å². The van der Waals surface area contributed by atoms with Gasteiger partial charge in [0.15, 0.2) is 11.8 Å². The van der Waals surface area contributed by atoms with Gasteiger partial charge in [-0.3, -0.25) is 4.99 Å². The first-order chi connectivity index (χ1) is 13.3. The van der Waals surface area contributed by atoms with Gasteiger partial charge in [-0.1, -0.05) is 6.07 Å². The molecule has 1 aliphatic rings. The van der Waals surface area contributed by atoms with Gasteiger partial charge in [0.2, 0.25) is 0 Å². The van der Waals surface area contributed by atoms with Gasteiger partial charge in [0.1, 0.15) is 11.6 Å². The summed E-state index contributed by atoms with van der Waals surface area (Å²) in [5.41, 5.74) is 0.913. The van der Waals surface area contributed by atoms with Gasteiger partial charge in [-0.05, 0) is 25.0 Å². The minimum atomic E-state index is 0. The lowest BCUT2D eigenvalue weighted by molar-refractivity contribution is 0.172. The van der Waals surface area contributed by atoms with E-state index >= 15 is 0 Å². The monoisotopic (exact) mass is 500 g/mol. The topological polar surface area (TPSA) is 85.6 Å². The summed E-state index contributed by atoms with van der Waals surface area (Å²) in [5.74, 6) is 3.53. The fraction of sp³-hybridized carbons (Fsp3) is 0.526. The zero-order chi connectivity index (χ0) is 18.9. The number of aryl methyl sites for hydroxylation is 1. The summed E-state index contributed by atoms with van der Waals surface area (Å²) in [7, 11) is 3.44. The van der Waals surface area contributed by atoms with Gasteiger partial charge in [-0.15, -0.1) is 34.2 Å². The molecule has 1 aromatic carbocycles. The lowest BCUT2D eigenvalue weighted by atomic mass is 10.2. The quantitative estimate of drug-likeness (QED) is 0.251. The smallest absolute Gasteiger partial charge is 0.195 e. The molecule has 2 aromatic rings. The standard InChI is InChI=1S/C19H28N6O2.HI/c1-20-19(21-14-18-24-23-17-9-3-4-10-25(17)18)22-15-7-5-8-16(13-15)27-12-6-11-26-2;/h5,7-8,13H,3-4,6,9-12,14H2,1-2H3,(H2,20,21,22);1H. The Hall–Kier alpha value is -1.88. The third kappa shape index (κ3) is 6.33. The zero-order valence-electron chi connectivity index (χ0n) is 16.5. The maximum absolute atomic E-state index is 5.74. The number of benzene rings is 1. The number of rotatable bonds is 8. The van der Waals surface area contributed by atoms with Crippen LogP contribution in [0.2, 0.25) is 0 Å². The van der Waals surface area contributed by atoms with Crippen LogP contribution in [-0.4, -0.2) is 48.1 Å². The van der Waals surface area contributed by atoms with Gasteiger partial charge in [-0.2, -0.15) is 0 Å². The number of methoxy groups -OCH3 is 1. The van der Waals surface area contributed by atoms with Crippen LogP contribution in [0.15, 0.2) is 29.3 Å². The van der Waals surface area contributed by atoms with E-state index in [0.717, 1.165) is 42.5 Å². The summed E-state index contributed by atoms with van der Waals surface area (Å²) in [5, 5.41) is 15.2. The Kier molecular flexibility index (Phi) is 9.48. The highest BCUT2D eigenvalue weighted by Crippen LogP contribution is 2.18. The fourth-order valence-electron chi connectivity index (χ4n) is 3.03. The lowest BCUT2D eigenvalue weighted by Gasteiger charge is -2.16. The van der Waals surface area contributed by atoms with Crippen LogP contribution in [0.3, 0.4) is 0 Å². The Morgan fingerprint density at radius 1 is 1.25 bits per heavy atom. The number of hydrogen-bond acceptors (Lipinski definition) is 5. The number of ether oxygens (including phenoxy) is 2. The summed E-state index contributed by atoms with van der Waals surface area (Å²) in [6, 6.07) is 7.83. The summed E-state index contributed by atoms with van der Waals surface area (Å²) < 4.78 is 13.0. The summed E-state index contributed by atoms with van der Waals surface area (Å²) >= 11 is 0. The zero-order valence-corrected chi connectivity index (χ0v) is 18.8. The van der Waals surface area contributed by atoms with Crippen molar-refractivity contribution in [2.24, 2.45) is 4.99 Å². The molecular weight excluding hydrogens is 471 g/mol. The average Bonchev–Trinajstić information content (AvgIpc) is 3.12. The molecule has 28 heavy (non-hydrogen) atoms. The number of halogens is 1. The molecule has 0 saturated carbocycles. The molecule has 0 saturated heterocycles. The molecule has 0 atom stereocenters. The predicted octanol–water partition coefficient (Wildman–Crippen LogP) is 2.84. The van der Waals surface area contributed by atoms with E-state index in [2.05, 4.69) is 30.4 Å². The third-order valence-corrected chi connectivity index (χ3v) is 4.43. The molecule has 2 heterocycles. The van der Waals surface area contributed by atoms with E-state index in [0.29, 0.717) is 25.7 Å². The Morgan fingerprint density at radius 3 is 2.96 bits per heavy atom. The van der Waals surface area contributed by atoms with Crippen molar-refractivity contribution in [2.75, 3.05) is 32.7 Å². The van der Waals surface area contributed by atoms with Gasteiger partial charge in [-0.25, -0.2) is 0 Å². The summed E-state index contributed by atoms with van der Waals surface area (Å²) in [6.07, 6.45) is 4.25. The number of nitrogens with one attached hydrogen (secondary N) is 2. The Bertz CT molecular complexity index is 765. The second-order valence-electron chi connectivity index (χ2n) is 6.41. The van der Waals surface area contributed by atoms with Crippen LogP contribution >= 0.6 is 24.0 Å². The van der Waals surface area contributed by atoms with Gasteiger partial charge < -0.3 is 24.7 Å². The van der Waals surface area contributed by atoms with Gasteiger partial charge in [0.05, 0.1) is 13.2 Å². The van der Waals surface area contributed by atoms with Crippen molar-refractivity contribution < 1.29 is 9.47 Å². The molecule has 0 spiro atoms. The van der Waals surface area contributed by atoms with Crippen molar-refractivity contribution in [3.05, 3.63) is 35.9 Å². The van der Waals surface area contributed by atoms with Gasteiger partial charge in [0.25, 0.3) is 0 Å². The molecule has 9 heteroatoms. The van der Waals surface area contributed by atoms with E-state index in [4.69, 9.17) is 9.47 Å². The van der Waals surface area contributed by atoms with Crippen molar-refractivity contribution in [1.29, 1.82) is 0 Å². The number of hydrogen-bond donors (Lipinski definition) is 2. The Morgan fingerprint density at radius 2 is 2.14 bits per heavy atom. The second kappa shape index (κ2) is 11.8. The third-order valence-electron chi connectivity index (χ3n) is 4.43. The molecule has 1 aliphatic heterocycles. The molecule has 0 radical (unpaired) electrons. The van der Waals surface area contributed by atoms with Crippen LogP contribution in [0.5, 0.6) is 5.75 Å². The van der Waals surface area contributed by atoms with Crippen molar-refractivity contribution in [3.63, 3.8) is 0 Å². The van der Waals surface area contributed by atoms with E-state index in [9.17, 15) is 0 Å². The molecule has 0 bridgehead atoms. The fourth-order valence-corrected chi connectivity index (χ4v) is 3.03. The largest absolute Gasteiger partial charge is 0.493 e. The number of aliphatic imine (C=N–C) groups is 1. The number of guanidine groups is 1. The van der Waals surface area contributed by atoms with Crippen molar-refractivity contribution in [2.45, 2.75) is 38.8 Å². The van der Waals surface area contributed by atoms with E-state index in [1.165, 1.54) is 12.8 Å². The van der Waals surface area contributed by atoms with Crippen LogP contribution in [0.4, 0.5) is 5.69 Å². The van der Waals surface area contributed by atoms with E-state index in [1.54, 1.807) is 14.2 Å². The van der Waals surface area contributed by atoms with E-state index in [-0.39, 0.29) is 24.0 Å². The minimum Gasteiger partial charge on any atom is -0.493 e. The highest BCUT2D eigenvalue weighted by molar-refractivity contribution is 14.0. The molecule has 1 aromatic heterocycles. The molecule has 8 nitrogen and oxygen atoms in total. The molecule has 3 rings (SSSR count). The Labute approximate surface area is 183 Å². The molecule has 0 unspecified atom stereocenters. The molecule has 0 amide bonds. The van der Waals surface area contributed by atoms with Crippen LogP contribution in [0.1, 0.15) is 30.9 Å². The minimum absolute atomic E-state index is 0. The molecule has 0 aliphatic carbocycles. The first-order valence-corrected chi connectivity index (χ1v) is 9.40. The number of fused-ring (bicyclic) bond motifs is 1. The maximum Gasteiger partial charge on any atom is 0.195 e. The van der Waals surface area contributed by atoms with Gasteiger partial charge in [0, 0.05) is 51.9 Å². The van der Waals surface area contributed by atoms with Crippen LogP contribution in [-0.2, 0) is 24.2 Å². The van der Waals surface area contributed by atoms with Crippen molar-refractivity contribution in [3.8, 4) is 5.75 Å². The van der Waals surface area contributed by atoms with Crippen LogP contribution < -0.4 is 15.4 Å². The average molecular weight is 500 g/mol. The molecule has 2 N–H and O–H groups in total. The molecular formula is C19H29IN6O2. The second-order valence-corrected chi connectivity index (χ2v) is 6.41. The SMILES string of the molecule is CN=C(NCc1nnc2n1CCCC2)Nc1cccc(OCCCOC)c1.I. The highest BCUT2D eigenvalue weighted by Gasteiger charge is 2.15. The van der Waals surface area contributed by atoms with Crippen molar-refractivity contribution >= 4 is 35.6 Å². The highest BCUT2D eigenvalue weighted by atomic mass is 127. The lowest BCUT2D eigenvalue weighted by Crippen LogP contribution is -2.31. The van der Waals surface area contributed by atoms with Crippen LogP contribution in [0.25, 0.3) is 0 Å². The van der Waals surface area contributed by atoms with Crippen LogP contribution in [0, 0.1) is 0 Å². The normalized spacial score (nSPS) is 13.4. The number of nitrogens with zero attached hydrogens (tertiary/aromatic N) is 4. The first-order valence-electron chi connectivity index (χ1n) is 9.40. The van der Waals surface area contributed by atoms with Crippen molar-refractivity contribution in [1.82, 2.24) is 20.1 Å². The first kappa shape index (κ1) is 22.4. The van der Waals surface area contributed by atoms with Gasteiger partial charge >= 0.3 is 0 Å². The molecule has 0 fully saturated rings. The van der Waals surface area contributed by atoms with E-state index in [1.807, 2.05) is 24.3 Å². The Balaban J connectivity index is 0.00000280. The summed E-state index contributed by atoms with van der Waals surface area (Å²) in [4.78, 5) is 4.29.